The van der Waals surface area contributed by atoms with Gasteiger partial charge >= 0.3 is 0 Å². The number of hydrogen-bond donors (Lipinski definition) is 0. The van der Waals surface area contributed by atoms with Crippen LogP contribution < -0.4 is 0 Å². The Morgan fingerprint density at radius 2 is 2.31 bits per heavy atom. The monoisotopic (exact) mass is 245 g/mol. The van der Waals surface area contributed by atoms with Crippen molar-refractivity contribution in [3.63, 3.8) is 0 Å². The SMILES string of the molecule is CC(C)Cn1ncnc1CCCBr. The molecule has 0 aromatic carbocycles. The summed E-state index contributed by atoms with van der Waals surface area (Å²) in [5.74, 6) is 1.73. The van der Waals surface area contributed by atoms with Gasteiger partial charge in [0, 0.05) is 18.3 Å². The molecule has 1 aromatic rings. The Morgan fingerprint density at radius 1 is 1.54 bits per heavy atom. The van der Waals surface area contributed by atoms with Gasteiger partial charge in [-0.25, -0.2) is 9.67 Å². The topological polar surface area (TPSA) is 30.7 Å². The molecule has 4 heteroatoms. The first-order chi connectivity index (χ1) is 6.24. The first-order valence-corrected chi connectivity index (χ1v) is 5.79. The molecular weight excluding hydrogens is 230 g/mol. The summed E-state index contributed by atoms with van der Waals surface area (Å²) in [6.07, 6.45) is 3.78. The van der Waals surface area contributed by atoms with Gasteiger partial charge < -0.3 is 0 Å². The van der Waals surface area contributed by atoms with Crippen molar-refractivity contribution < 1.29 is 0 Å². The van der Waals surface area contributed by atoms with Gasteiger partial charge in [-0.3, -0.25) is 0 Å². The molecule has 3 nitrogen and oxygen atoms in total. The zero-order valence-corrected chi connectivity index (χ0v) is 9.79. The van der Waals surface area contributed by atoms with Crippen LogP contribution in [-0.2, 0) is 13.0 Å². The molecule has 0 N–H and O–H groups in total. The lowest BCUT2D eigenvalue weighted by Gasteiger charge is -2.07. The maximum atomic E-state index is 4.24. The lowest BCUT2D eigenvalue weighted by atomic mass is 10.2. The van der Waals surface area contributed by atoms with Crippen molar-refractivity contribution in [1.29, 1.82) is 0 Å². The van der Waals surface area contributed by atoms with Crippen LogP contribution in [0, 0.1) is 5.92 Å². The Labute approximate surface area is 87.7 Å². The molecule has 0 bridgehead atoms. The summed E-state index contributed by atoms with van der Waals surface area (Å²) in [7, 11) is 0. The molecule has 0 saturated heterocycles. The molecule has 0 aliphatic carbocycles. The van der Waals surface area contributed by atoms with Gasteiger partial charge in [-0.05, 0) is 12.3 Å². The predicted octanol–water partition coefficient (Wildman–Crippen LogP) is 2.26. The molecule has 0 aliphatic rings. The summed E-state index contributed by atoms with van der Waals surface area (Å²) in [6.45, 7) is 5.35. The van der Waals surface area contributed by atoms with Crippen LogP contribution in [-0.4, -0.2) is 20.1 Å². The van der Waals surface area contributed by atoms with E-state index in [2.05, 4.69) is 39.9 Å². The predicted molar refractivity (Wildman–Crippen MR) is 57.0 cm³/mol. The summed E-state index contributed by atoms with van der Waals surface area (Å²) in [4.78, 5) is 4.24. The van der Waals surface area contributed by atoms with Crippen LogP contribution in [0.5, 0.6) is 0 Å². The van der Waals surface area contributed by atoms with Gasteiger partial charge in [0.1, 0.15) is 12.2 Å². The number of halogens is 1. The van der Waals surface area contributed by atoms with E-state index >= 15 is 0 Å². The van der Waals surface area contributed by atoms with E-state index in [1.165, 1.54) is 0 Å². The highest BCUT2D eigenvalue weighted by atomic mass is 79.9. The quantitative estimate of drug-likeness (QED) is 0.746. The van der Waals surface area contributed by atoms with Crippen LogP contribution in [0.3, 0.4) is 0 Å². The fourth-order valence-electron chi connectivity index (χ4n) is 1.21. The minimum atomic E-state index is 0.629. The van der Waals surface area contributed by atoms with E-state index in [4.69, 9.17) is 0 Å². The third-order valence-corrected chi connectivity index (χ3v) is 2.33. The average Bonchev–Trinajstić information content (AvgIpc) is 2.48. The third-order valence-electron chi connectivity index (χ3n) is 1.77. The molecule has 0 aliphatic heterocycles. The van der Waals surface area contributed by atoms with Crippen molar-refractivity contribution in [1.82, 2.24) is 14.8 Å². The van der Waals surface area contributed by atoms with Gasteiger partial charge in [-0.2, -0.15) is 5.10 Å². The van der Waals surface area contributed by atoms with Gasteiger partial charge in [-0.15, -0.1) is 0 Å². The van der Waals surface area contributed by atoms with Crippen molar-refractivity contribution in [3.8, 4) is 0 Å². The molecule has 0 radical (unpaired) electrons. The van der Waals surface area contributed by atoms with Crippen LogP contribution in [0.1, 0.15) is 26.1 Å². The molecule has 13 heavy (non-hydrogen) atoms. The minimum absolute atomic E-state index is 0.629. The van der Waals surface area contributed by atoms with Crippen molar-refractivity contribution in [2.75, 3.05) is 5.33 Å². The first-order valence-electron chi connectivity index (χ1n) is 4.66. The summed E-state index contributed by atoms with van der Waals surface area (Å²) < 4.78 is 2.01. The number of rotatable bonds is 5. The lowest BCUT2D eigenvalue weighted by molar-refractivity contribution is 0.465. The van der Waals surface area contributed by atoms with Crippen LogP contribution in [0.2, 0.25) is 0 Å². The van der Waals surface area contributed by atoms with Crippen molar-refractivity contribution in [3.05, 3.63) is 12.2 Å². The second-order valence-corrected chi connectivity index (χ2v) is 4.34. The van der Waals surface area contributed by atoms with E-state index in [1.807, 2.05) is 4.68 Å². The van der Waals surface area contributed by atoms with E-state index in [0.29, 0.717) is 5.92 Å². The third kappa shape index (κ3) is 3.46. The van der Waals surface area contributed by atoms with E-state index in [1.54, 1.807) is 6.33 Å². The Kier molecular flexibility index (Phi) is 4.42. The van der Waals surface area contributed by atoms with Gasteiger partial charge in [0.05, 0.1) is 0 Å². The molecule has 1 rings (SSSR count). The Balaban J connectivity index is 2.55. The van der Waals surface area contributed by atoms with Crippen LogP contribution in [0.25, 0.3) is 0 Å². The maximum absolute atomic E-state index is 4.24. The molecule has 74 valence electrons. The Bertz CT molecular complexity index is 245. The van der Waals surface area contributed by atoms with Crippen LogP contribution in [0.15, 0.2) is 6.33 Å². The lowest BCUT2D eigenvalue weighted by Crippen LogP contribution is -2.10. The smallest absolute Gasteiger partial charge is 0.138 e. The fraction of sp³-hybridized carbons (Fsp3) is 0.778. The second-order valence-electron chi connectivity index (χ2n) is 3.54. The molecule has 0 saturated carbocycles. The molecule has 0 unspecified atom stereocenters. The van der Waals surface area contributed by atoms with Crippen molar-refractivity contribution in [2.24, 2.45) is 5.92 Å². The molecule has 0 spiro atoms. The summed E-state index contributed by atoms with van der Waals surface area (Å²) in [5, 5.41) is 5.23. The highest BCUT2D eigenvalue weighted by Gasteiger charge is 2.04. The average molecular weight is 246 g/mol. The summed E-state index contributed by atoms with van der Waals surface area (Å²) in [5.41, 5.74) is 0. The Morgan fingerprint density at radius 3 is 2.92 bits per heavy atom. The molecule has 1 heterocycles. The number of aromatic nitrogens is 3. The maximum Gasteiger partial charge on any atom is 0.138 e. The Hall–Kier alpha value is -0.380. The van der Waals surface area contributed by atoms with E-state index in [-0.39, 0.29) is 0 Å². The largest absolute Gasteiger partial charge is 0.250 e. The van der Waals surface area contributed by atoms with Crippen molar-refractivity contribution in [2.45, 2.75) is 33.2 Å². The highest BCUT2D eigenvalue weighted by Crippen LogP contribution is 2.04. The number of nitrogens with zero attached hydrogens (tertiary/aromatic N) is 3. The zero-order chi connectivity index (χ0) is 9.68. The van der Waals surface area contributed by atoms with Crippen molar-refractivity contribution >= 4 is 15.9 Å². The minimum Gasteiger partial charge on any atom is -0.250 e. The van der Waals surface area contributed by atoms with E-state index in [0.717, 1.165) is 30.5 Å². The standard InChI is InChI=1S/C9H16BrN3/c1-8(2)6-13-9(4-3-5-10)11-7-12-13/h7-8H,3-6H2,1-2H3. The fourth-order valence-corrected chi connectivity index (χ4v) is 1.49. The highest BCUT2D eigenvalue weighted by molar-refractivity contribution is 9.09. The van der Waals surface area contributed by atoms with Gasteiger partial charge in [0.25, 0.3) is 0 Å². The van der Waals surface area contributed by atoms with E-state index in [9.17, 15) is 0 Å². The van der Waals surface area contributed by atoms with Crippen LogP contribution >= 0.6 is 15.9 Å². The number of alkyl halides is 1. The molecular formula is C9H16BrN3. The van der Waals surface area contributed by atoms with E-state index < -0.39 is 0 Å². The van der Waals surface area contributed by atoms with Gasteiger partial charge in [0.2, 0.25) is 0 Å². The first kappa shape index (κ1) is 10.7. The molecule has 1 aromatic heterocycles. The van der Waals surface area contributed by atoms with Gasteiger partial charge in [0.15, 0.2) is 0 Å². The summed E-state index contributed by atoms with van der Waals surface area (Å²) >= 11 is 3.41. The molecule has 0 amide bonds. The summed E-state index contributed by atoms with van der Waals surface area (Å²) in [6, 6.07) is 0. The number of aryl methyl sites for hydroxylation is 1. The normalized spacial score (nSPS) is 11.1. The van der Waals surface area contributed by atoms with Gasteiger partial charge in [-0.1, -0.05) is 29.8 Å². The van der Waals surface area contributed by atoms with Crippen LogP contribution in [0.4, 0.5) is 0 Å². The molecule has 0 atom stereocenters. The number of hydrogen-bond acceptors (Lipinski definition) is 2. The molecule has 0 fully saturated rings. The second kappa shape index (κ2) is 5.37. The zero-order valence-electron chi connectivity index (χ0n) is 8.20.